The Kier molecular flexibility index (Phi) is 4.96. The van der Waals surface area contributed by atoms with Gasteiger partial charge in [-0.15, -0.1) is 0 Å². The van der Waals surface area contributed by atoms with Gasteiger partial charge in [0.15, 0.2) is 0 Å². The number of aromatic nitrogens is 2. The highest BCUT2D eigenvalue weighted by atomic mass is 35.5. The average molecular weight is 341 g/mol. The Bertz CT molecular complexity index is 829. The summed E-state index contributed by atoms with van der Waals surface area (Å²) in [7, 11) is 0. The number of halogens is 1. The van der Waals surface area contributed by atoms with Crippen molar-refractivity contribution in [3.8, 4) is 0 Å². The maximum atomic E-state index is 12.4. The fourth-order valence-electron chi connectivity index (χ4n) is 2.44. The van der Waals surface area contributed by atoms with Crippen LogP contribution in [-0.4, -0.2) is 15.7 Å². The molecule has 2 aromatic carbocycles. The van der Waals surface area contributed by atoms with E-state index in [0.717, 1.165) is 11.1 Å². The van der Waals surface area contributed by atoms with Crippen LogP contribution in [0.15, 0.2) is 60.7 Å². The second kappa shape index (κ2) is 7.32. The number of carbonyl (C=O) groups excluding carboxylic acids is 1. The van der Waals surface area contributed by atoms with Crippen molar-refractivity contribution >= 4 is 17.6 Å². The third-order valence-corrected chi connectivity index (χ3v) is 4.04. The Morgan fingerprint density at radius 3 is 2.25 bits per heavy atom. The van der Waals surface area contributed by atoms with Gasteiger partial charge in [-0.2, -0.15) is 5.10 Å². The number of esters is 1. The molecule has 0 radical (unpaired) electrons. The second-order valence-corrected chi connectivity index (χ2v) is 5.81. The van der Waals surface area contributed by atoms with Crippen molar-refractivity contribution in [2.75, 3.05) is 0 Å². The van der Waals surface area contributed by atoms with Crippen LogP contribution in [0.25, 0.3) is 0 Å². The molecule has 3 aromatic rings. The minimum Gasteiger partial charge on any atom is -0.457 e. The Hall–Kier alpha value is -2.59. The van der Waals surface area contributed by atoms with Gasteiger partial charge in [0.05, 0.1) is 12.2 Å². The summed E-state index contributed by atoms with van der Waals surface area (Å²) in [6.07, 6.45) is 0. The predicted octanol–water partition coefficient (Wildman–Crippen LogP) is 4.25. The summed E-state index contributed by atoms with van der Waals surface area (Å²) in [5.74, 6) is -0.458. The van der Waals surface area contributed by atoms with Crippen LogP contribution in [0, 0.1) is 6.92 Å². The summed E-state index contributed by atoms with van der Waals surface area (Å²) in [6, 6.07) is 19.4. The van der Waals surface area contributed by atoms with Crippen molar-refractivity contribution in [3.05, 3.63) is 88.2 Å². The van der Waals surface area contributed by atoms with Crippen LogP contribution in [0.4, 0.5) is 0 Å². The number of hydrogen-bond acceptors (Lipinski definition) is 3. The first-order chi connectivity index (χ1) is 11.6. The normalized spacial score (nSPS) is 10.6. The third-order valence-electron chi connectivity index (χ3n) is 3.66. The number of nitrogens with zero attached hydrogens (tertiary/aromatic N) is 2. The predicted molar refractivity (Wildman–Crippen MR) is 93.1 cm³/mol. The van der Waals surface area contributed by atoms with Crippen LogP contribution < -0.4 is 0 Å². The third kappa shape index (κ3) is 3.66. The number of benzene rings is 2. The highest BCUT2D eigenvalue weighted by Crippen LogP contribution is 2.22. The van der Waals surface area contributed by atoms with Crippen LogP contribution in [-0.2, 0) is 17.9 Å². The molecule has 0 aliphatic heterocycles. The molecule has 0 aliphatic carbocycles. The molecule has 0 saturated carbocycles. The second-order valence-electron chi connectivity index (χ2n) is 5.46. The molecule has 0 aliphatic rings. The molecule has 0 bridgehead atoms. The first kappa shape index (κ1) is 16.3. The minimum atomic E-state index is -0.458. The maximum Gasteiger partial charge on any atom is 0.343 e. The van der Waals surface area contributed by atoms with Gasteiger partial charge in [-0.3, -0.25) is 0 Å². The van der Waals surface area contributed by atoms with E-state index in [0.29, 0.717) is 23.0 Å². The minimum absolute atomic E-state index is 0.208. The molecule has 0 spiro atoms. The van der Waals surface area contributed by atoms with Crippen molar-refractivity contribution in [1.82, 2.24) is 9.78 Å². The van der Waals surface area contributed by atoms with Crippen molar-refractivity contribution in [3.63, 3.8) is 0 Å². The summed E-state index contributed by atoms with van der Waals surface area (Å²) in [5.41, 5.74) is 2.87. The molecule has 24 heavy (non-hydrogen) atoms. The maximum absolute atomic E-state index is 12.4. The van der Waals surface area contributed by atoms with Crippen molar-refractivity contribution < 1.29 is 9.53 Å². The molecule has 1 heterocycles. The first-order valence-corrected chi connectivity index (χ1v) is 8.01. The van der Waals surface area contributed by atoms with Crippen molar-refractivity contribution in [1.29, 1.82) is 0 Å². The van der Waals surface area contributed by atoms with E-state index in [4.69, 9.17) is 16.3 Å². The SMILES string of the molecule is Cc1nn(Cc2ccccc2)c(Cl)c1C(=O)OCc1ccccc1. The highest BCUT2D eigenvalue weighted by molar-refractivity contribution is 6.32. The zero-order valence-electron chi connectivity index (χ0n) is 13.3. The van der Waals surface area contributed by atoms with Gasteiger partial charge in [0.1, 0.15) is 17.3 Å². The molecular formula is C19H17ClN2O2. The molecule has 1 aromatic heterocycles. The molecule has 0 atom stereocenters. The lowest BCUT2D eigenvalue weighted by molar-refractivity contribution is 0.0472. The van der Waals surface area contributed by atoms with Crippen LogP contribution in [0.1, 0.15) is 27.2 Å². The zero-order valence-corrected chi connectivity index (χ0v) is 14.0. The molecule has 0 N–H and O–H groups in total. The molecule has 4 nitrogen and oxygen atoms in total. The number of aryl methyl sites for hydroxylation is 1. The molecule has 0 unspecified atom stereocenters. The van der Waals surface area contributed by atoms with E-state index >= 15 is 0 Å². The average Bonchev–Trinajstić information content (AvgIpc) is 2.88. The van der Waals surface area contributed by atoms with Gasteiger partial charge in [-0.1, -0.05) is 72.3 Å². The van der Waals surface area contributed by atoms with E-state index in [1.54, 1.807) is 11.6 Å². The van der Waals surface area contributed by atoms with Crippen LogP contribution in [0.5, 0.6) is 0 Å². The first-order valence-electron chi connectivity index (χ1n) is 7.63. The van der Waals surface area contributed by atoms with Gasteiger partial charge in [-0.25, -0.2) is 9.48 Å². The molecular weight excluding hydrogens is 324 g/mol. The van der Waals surface area contributed by atoms with Gasteiger partial charge in [0, 0.05) is 0 Å². The topological polar surface area (TPSA) is 44.1 Å². The summed E-state index contributed by atoms with van der Waals surface area (Å²) in [5, 5.41) is 4.67. The van der Waals surface area contributed by atoms with E-state index in [1.165, 1.54) is 0 Å². The van der Waals surface area contributed by atoms with Gasteiger partial charge in [0.25, 0.3) is 0 Å². The summed E-state index contributed by atoms with van der Waals surface area (Å²) >= 11 is 6.36. The Morgan fingerprint density at radius 2 is 1.62 bits per heavy atom. The monoisotopic (exact) mass is 340 g/mol. The molecule has 122 valence electrons. The molecule has 0 amide bonds. The molecule has 0 saturated heterocycles. The fourth-order valence-corrected chi connectivity index (χ4v) is 2.75. The summed E-state index contributed by atoms with van der Waals surface area (Å²) in [6.45, 7) is 2.47. The summed E-state index contributed by atoms with van der Waals surface area (Å²) in [4.78, 5) is 12.4. The van der Waals surface area contributed by atoms with Crippen LogP contribution >= 0.6 is 11.6 Å². The molecule has 3 rings (SSSR count). The largest absolute Gasteiger partial charge is 0.457 e. The van der Waals surface area contributed by atoms with E-state index < -0.39 is 5.97 Å². The van der Waals surface area contributed by atoms with Gasteiger partial charge in [0.2, 0.25) is 0 Å². The number of rotatable bonds is 5. The standard InChI is InChI=1S/C19H17ClN2O2/c1-14-17(19(23)24-13-16-10-6-3-7-11-16)18(20)22(21-14)12-15-8-4-2-5-9-15/h2-11H,12-13H2,1H3. The zero-order chi connectivity index (χ0) is 16.9. The highest BCUT2D eigenvalue weighted by Gasteiger charge is 2.21. The smallest absolute Gasteiger partial charge is 0.343 e. The van der Waals surface area contributed by atoms with Gasteiger partial charge >= 0.3 is 5.97 Å². The van der Waals surface area contributed by atoms with Crippen molar-refractivity contribution in [2.24, 2.45) is 0 Å². The number of ether oxygens (including phenoxy) is 1. The van der Waals surface area contributed by atoms with E-state index in [9.17, 15) is 4.79 Å². The summed E-state index contributed by atoms with van der Waals surface area (Å²) < 4.78 is 6.98. The van der Waals surface area contributed by atoms with E-state index in [2.05, 4.69) is 5.10 Å². The lowest BCUT2D eigenvalue weighted by atomic mass is 10.2. The van der Waals surface area contributed by atoms with Crippen molar-refractivity contribution in [2.45, 2.75) is 20.1 Å². The lowest BCUT2D eigenvalue weighted by Gasteiger charge is -2.05. The number of hydrogen-bond donors (Lipinski definition) is 0. The Morgan fingerprint density at radius 1 is 1.04 bits per heavy atom. The van der Waals surface area contributed by atoms with Crippen LogP contribution in [0.2, 0.25) is 5.15 Å². The Labute approximate surface area is 145 Å². The van der Waals surface area contributed by atoms with E-state index in [-0.39, 0.29) is 6.61 Å². The molecule has 5 heteroatoms. The van der Waals surface area contributed by atoms with Crippen LogP contribution in [0.3, 0.4) is 0 Å². The van der Waals surface area contributed by atoms with Gasteiger partial charge < -0.3 is 4.74 Å². The molecule has 0 fully saturated rings. The number of carbonyl (C=O) groups is 1. The van der Waals surface area contributed by atoms with Gasteiger partial charge in [-0.05, 0) is 18.1 Å². The van der Waals surface area contributed by atoms with E-state index in [1.807, 2.05) is 60.7 Å². The quantitative estimate of drug-likeness (QED) is 0.652. The lowest BCUT2D eigenvalue weighted by Crippen LogP contribution is -2.07. The fraction of sp³-hybridized carbons (Fsp3) is 0.158. The Balaban J connectivity index is 1.74.